The van der Waals surface area contributed by atoms with Crippen LogP contribution in [-0.2, 0) is 20.8 Å². The number of hydrogen-bond donors (Lipinski definition) is 1. The molecule has 0 aliphatic carbocycles. The molecule has 6 nitrogen and oxygen atoms in total. The summed E-state index contributed by atoms with van der Waals surface area (Å²) in [7, 11) is 0. The van der Waals surface area contributed by atoms with Crippen molar-refractivity contribution in [3.8, 4) is 5.75 Å². The van der Waals surface area contributed by atoms with Gasteiger partial charge in [0.1, 0.15) is 18.2 Å². The topological polar surface area (TPSA) is 73.9 Å². The van der Waals surface area contributed by atoms with E-state index in [0.29, 0.717) is 17.9 Å². The van der Waals surface area contributed by atoms with Crippen molar-refractivity contribution in [2.45, 2.75) is 38.5 Å². The van der Waals surface area contributed by atoms with Gasteiger partial charge < -0.3 is 19.5 Å². The van der Waals surface area contributed by atoms with Gasteiger partial charge in [0.15, 0.2) is 6.10 Å². The number of benzene rings is 2. The van der Waals surface area contributed by atoms with E-state index in [0.717, 1.165) is 25.0 Å². The van der Waals surface area contributed by atoms with Crippen molar-refractivity contribution in [1.82, 2.24) is 5.32 Å². The van der Waals surface area contributed by atoms with Gasteiger partial charge in [0.05, 0.1) is 11.7 Å². The molecule has 2 aromatic rings. The summed E-state index contributed by atoms with van der Waals surface area (Å²) in [4.78, 5) is 24.4. The Morgan fingerprint density at radius 1 is 1.17 bits per heavy atom. The molecule has 29 heavy (non-hydrogen) atoms. The number of carbonyl (C=O) groups excluding carboxylic acids is 2. The van der Waals surface area contributed by atoms with E-state index in [9.17, 15) is 14.0 Å². The highest BCUT2D eigenvalue weighted by Gasteiger charge is 2.19. The molecule has 7 heteroatoms. The van der Waals surface area contributed by atoms with Crippen LogP contribution in [0.15, 0.2) is 48.5 Å². The molecule has 0 radical (unpaired) electrons. The van der Waals surface area contributed by atoms with Crippen molar-refractivity contribution in [1.29, 1.82) is 0 Å². The molecule has 0 unspecified atom stereocenters. The first-order valence-electron chi connectivity index (χ1n) is 9.59. The Balaban J connectivity index is 1.44. The Morgan fingerprint density at radius 3 is 2.55 bits per heavy atom. The molecule has 154 valence electrons. The Bertz CT molecular complexity index is 816. The number of amides is 1. The number of carbonyl (C=O) groups is 2. The van der Waals surface area contributed by atoms with E-state index in [1.165, 1.54) is 19.1 Å². The Kier molecular flexibility index (Phi) is 7.19. The summed E-state index contributed by atoms with van der Waals surface area (Å²) < 4.78 is 29.3. The summed E-state index contributed by atoms with van der Waals surface area (Å²) in [5, 5.41) is 2.66. The van der Waals surface area contributed by atoms with Crippen LogP contribution in [0.25, 0.3) is 0 Å². The Morgan fingerprint density at radius 2 is 1.90 bits per heavy atom. The van der Waals surface area contributed by atoms with Crippen LogP contribution in [0, 0.1) is 5.82 Å². The van der Waals surface area contributed by atoms with Crippen molar-refractivity contribution in [3.05, 3.63) is 65.5 Å². The maximum absolute atomic E-state index is 12.9. The first-order chi connectivity index (χ1) is 14.0. The minimum Gasteiger partial charge on any atom is -0.491 e. The van der Waals surface area contributed by atoms with Gasteiger partial charge in [-0.05, 0) is 61.7 Å². The third kappa shape index (κ3) is 6.29. The van der Waals surface area contributed by atoms with Crippen LogP contribution in [0.5, 0.6) is 5.75 Å². The summed E-state index contributed by atoms with van der Waals surface area (Å²) in [6.45, 7) is 2.97. The molecule has 0 aromatic heterocycles. The predicted octanol–water partition coefficient (Wildman–Crippen LogP) is 3.25. The molecule has 0 saturated carbocycles. The van der Waals surface area contributed by atoms with E-state index >= 15 is 0 Å². The highest BCUT2D eigenvalue weighted by Crippen LogP contribution is 2.17. The number of ether oxygens (including phenoxy) is 3. The van der Waals surface area contributed by atoms with Crippen LogP contribution >= 0.6 is 0 Å². The fraction of sp³-hybridized carbons (Fsp3) is 0.364. The van der Waals surface area contributed by atoms with Crippen LogP contribution in [0.4, 0.5) is 4.39 Å². The summed E-state index contributed by atoms with van der Waals surface area (Å²) in [5.74, 6) is -0.730. The second kappa shape index (κ2) is 10.0. The van der Waals surface area contributed by atoms with Gasteiger partial charge in [0, 0.05) is 13.2 Å². The molecular weight excluding hydrogens is 377 g/mol. The monoisotopic (exact) mass is 401 g/mol. The molecule has 2 atom stereocenters. The van der Waals surface area contributed by atoms with Crippen LogP contribution in [0.2, 0.25) is 0 Å². The predicted molar refractivity (Wildman–Crippen MR) is 104 cm³/mol. The summed E-state index contributed by atoms with van der Waals surface area (Å²) in [5.41, 5.74) is 1.07. The lowest BCUT2D eigenvalue weighted by molar-refractivity contribution is -0.129. The SMILES string of the molecule is C[C@H](OC(=O)c1ccc(OC[C@H]2CCCO2)cc1)C(=O)NCc1ccc(F)cc1. The molecule has 0 spiro atoms. The molecule has 1 fully saturated rings. The fourth-order valence-corrected chi connectivity index (χ4v) is 2.87. The number of rotatable bonds is 8. The van der Waals surface area contributed by atoms with Gasteiger partial charge in [-0.3, -0.25) is 4.79 Å². The molecule has 1 aliphatic rings. The van der Waals surface area contributed by atoms with Gasteiger partial charge in [-0.25, -0.2) is 9.18 Å². The largest absolute Gasteiger partial charge is 0.491 e. The number of esters is 1. The van der Waals surface area contributed by atoms with E-state index in [4.69, 9.17) is 14.2 Å². The molecule has 1 N–H and O–H groups in total. The smallest absolute Gasteiger partial charge is 0.338 e. The third-order valence-corrected chi connectivity index (χ3v) is 4.58. The van der Waals surface area contributed by atoms with E-state index < -0.39 is 18.0 Å². The molecule has 0 bridgehead atoms. The molecule has 1 amide bonds. The van der Waals surface area contributed by atoms with Crippen LogP contribution in [0.1, 0.15) is 35.7 Å². The first kappa shape index (κ1) is 20.8. The zero-order valence-electron chi connectivity index (χ0n) is 16.2. The average Bonchev–Trinajstić information content (AvgIpc) is 3.25. The molecule has 1 saturated heterocycles. The van der Waals surface area contributed by atoms with Gasteiger partial charge in [0.2, 0.25) is 0 Å². The van der Waals surface area contributed by atoms with Crippen molar-refractivity contribution in [3.63, 3.8) is 0 Å². The highest BCUT2D eigenvalue weighted by molar-refractivity contribution is 5.92. The zero-order chi connectivity index (χ0) is 20.6. The van der Waals surface area contributed by atoms with Crippen LogP contribution in [-0.4, -0.2) is 37.3 Å². The standard InChI is InChI=1S/C22H24FNO5/c1-15(21(25)24-13-16-4-8-18(23)9-5-16)29-22(26)17-6-10-19(11-7-17)28-14-20-3-2-12-27-20/h4-11,15,20H,2-3,12-14H2,1H3,(H,24,25)/t15-,20+/m0/s1. The van der Waals surface area contributed by atoms with Crippen molar-refractivity contribution >= 4 is 11.9 Å². The van der Waals surface area contributed by atoms with E-state index in [2.05, 4.69) is 5.32 Å². The summed E-state index contributed by atoms with van der Waals surface area (Å²) in [6, 6.07) is 12.4. The lowest BCUT2D eigenvalue weighted by Gasteiger charge is -2.14. The van der Waals surface area contributed by atoms with Crippen LogP contribution < -0.4 is 10.1 Å². The van der Waals surface area contributed by atoms with E-state index in [1.807, 2.05) is 0 Å². The average molecular weight is 401 g/mol. The van der Waals surface area contributed by atoms with E-state index in [-0.39, 0.29) is 18.5 Å². The molecule has 2 aromatic carbocycles. The second-order valence-corrected chi connectivity index (χ2v) is 6.86. The van der Waals surface area contributed by atoms with Gasteiger partial charge in [-0.15, -0.1) is 0 Å². The molecule has 1 aliphatic heterocycles. The normalized spacial score (nSPS) is 16.8. The number of halogens is 1. The van der Waals surface area contributed by atoms with Crippen molar-refractivity contribution in [2.75, 3.05) is 13.2 Å². The Hall–Kier alpha value is -2.93. The van der Waals surface area contributed by atoms with Gasteiger partial charge >= 0.3 is 5.97 Å². The van der Waals surface area contributed by atoms with Crippen LogP contribution in [0.3, 0.4) is 0 Å². The number of nitrogens with one attached hydrogen (secondary N) is 1. The third-order valence-electron chi connectivity index (χ3n) is 4.58. The van der Waals surface area contributed by atoms with Crippen molar-refractivity contribution < 1.29 is 28.2 Å². The highest BCUT2D eigenvalue weighted by atomic mass is 19.1. The quantitative estimate of drug-likeness (QED) is 0.688. The lowest BCUT2D eigenvalue weighted by Crippen LogP contribution is -2.35. The lowest BCUT2D eigenvalue weighted by atomic mass is 10.2. The maximum atomic E-state index is 12.9. The second-order valence-electron chi connectivity index (χ2n) is 6.86. The number of hydrogen-bond acceptors (Lipinski definition) is 5. The fourth-order valence-electron chi connectivity index (χ4n) is 2.87. The summed E-state index contributed by atoms with van der Waals surface area (Å²) in [6.07, 6.45) is 1.20. The van der Waals surface area contributed by atoms with Gasteiger partial charge in [-0.1, -0.05) is 12.1 Å². The minimum absolute atomic E-state index is 0.119. The minimum atomic E-state index is -0.960. The summed E-state index contributed by atoms with van der Waals surface area (Å²) >= 11 is 0. The molecule has 1 heterocycles. The van der Waals surface area contributed by atoms with E-state index in [1.54, 1.807) is 36.4 Å². The maximum Gasteiger partial charge on any atom is 0.338 e. The molecular formula is C22H24FNO5. The van der Waals surface area contributed by atoms with Gasteiger partial charge in [0.25, 0.3) is 5.91 Å². The molecule has 3 rings (SSSR count). The van der Waals surface area contributed by atoms with Gasteiger partial charge in [-0.2, -0.15) is 0 Å². The Labute approximate surface area is 169 Å². The zero-order valence-corrected chi connectivity index (χ0v) is 16.2. The van der Waals surface area contributed by atoms with Crippen molar-refractivity contribution in [2.24, 2.45) is 0 Å². The first-order valence-corrected chi connectivity index (χ1v) is 9.59.